The fourth-order valence-electron chi connectivity index (χ4n) is 2.64. The van der Waals surface area contributed by atoms with Crippen molar-refractivity contribution in [2.45, 2.75) is 38.9 Å². The standard InChI is InChI=1S/C15H21ClN2O3/c1-4-21-12-7-15(20,14(12,2)3)9-18-13(19)10-5-6-17-8-11(10)16/h5-6,8,12,20H,4,7,9H2,1-3H3,(H,18,19)/t12-,15-/m0/s1. The first-order chi connectivity index (χ1) is 9.82. The van der Waals surface area contributed by atoms with Crippen LogP contribution < -0.4 is 5.32 Å². The molecule has 5 nitrogen and oxygen atoms in total. The van der Waals surface area contributed by atoms with Crippen LogP contribution in [-0.2, 0) is 4.74 Å². The quantitative estimate of drug-likeness (QED) is 0.872. The van der Waals surface area contributed by atoms with Crippen LogP contribution in [0, 0.1) is 5.41 Å². The lowest BCUT2D eigenvalue weighted by atomic mass is 9.56. The minimum absolute atomic E-state index is 0.00825. The summed E-state index contributed by atoms with van der Waals surface area (Å²) in [6, 6.07) is 1.55. The number of pyridine rings is 1. The van der Waals surface area contributed by atoms with Gasteiger partial charge < -0.3 is 15.2 Å². The Bertz CT molecular complexity index is 535. The highest BCUT2D eigenvalue weighted by Crippen LogP contribution is 2.50. The van der Waals surface area contributed by atoms with Crippen molar-refractivity contribution in [1.29, 1.82) is 0 Å². The highest BCUT2D eigenvalue weighted by atomic mass is 35.5. The van der Waals surface area contributed by atoms with Gasteiger partial charge in [-0.25, -0.2) is 0 Å². The highest BCUT2D eigenvalue weighted by Gasteiger charge is 2.59. The average molecular weight is 313 g/mol. The molecule has 2 rings (SSSR count). The Balaban J connectivity index is 1.98. The van der Waals surface area contributed by atoms with Crippen LogP contribution in [0.25, 0.3) is 0 Å². The van der Waals surface area contributed by atoms with E-state index in [0.29, 0.717) is 23.6 Å². The normalized spacial score (nSPS) is 27.0. The SMILES string of the molecule is CCO[C@H]1C[C@](O)(CNC(=O)c2ccncc2Cl)C1(C)C. The number of hydrogen-bond acceptors (Lipinski definition) is 4. The van der Waals surface area contributed by atoms with E-state index >= 15 is 0 Å². The van der Waals surface area contributed by atoms with Crippen molar-refractivity contribution in [1.82, 2.24) is 10.3 Å². The molecule has 0 bridgehead atoms. The zero-order valence-electron chi connectivity index (χ0n) is 12.5. The Kier molecular flexibility index (Phi) is 4.56. The predicted octanol–water partition coefficient (Wildman–Crippen LogP) is 2.03. The number of halogens is 1. The molecule has 0 spiro atoms. The lowest BCUT2D eigenvalue weighted by Gasteiger charge is -2.57. The Morgan fingerprint density at radius 2 is 2.33 bits per heavy atom. The Morgan fingerprint density at radius 1 is 1.62 bits per heavy atom. The van der Waals surface area contributed by atoms with E-state index in [9.17, 15) is 9.90 Å². The number of amides is 1. The first-order valence-corrected chi connectivity index (χ1v) is 7.41. The number of rotatable bonds is 5. The zero-order valence-corrected chi connectivity index (χ0v) is 13.3. The molecule has 1 fully saturated rings. The van der Waals surface area contributed by atoms with Gasteiger partial charge in [0.15, 0.2) is 0 Å². The molecule has 2 N–H and O–H groups in total. The van der Waals surface area contributed by atoms with Gasteiger partial charge in [-0.05, 0) is 13.0 Å². The molecule has 0 saturated heterocycles. The fourth-order valence-corrected chi connectivity index (χ4v) is 2.85. The molecule has 0 unspecified atom stereocenters. The van der Waals surface area contributed by atoms with E-state index in [2.05, 4.69) is 10.3 Å². The number of nitrogens with zero attached hydrogens (tertiary/aromatic N) is 1. The van der Waals surface area contributed by atoms with Gasteiger partial charge in [0.2, 0.25) is 0 Å². The summed E-state index contributed by atoms with van der Waals surface area (Å²) in [6.07, 6.45) is 3.45. The molecule has 0 radical (unpaired) electrons. The topological polar surface area (TPSA) is 71.5 Å². The number of carbonyl (C=O) groups is 1. The van der Waals surface area contributed by atoms with E-state index in [4.69, 9.17) is 16.3 Å². The molecule has 1 saturated carbocycles. The molecular formula is C15H21ClN2O3. The second-order valence-corrected chi connectivity index (χ2v) is 6.35. The molecular weight excluding hydrogens is 292 g/mol. The van der Waals surface area contributed by atoms with Crippen molar-refractivity contribution >= 4 is 17.5 Å². The van der Waals surface area contributed by atoms with Gasteiger partial charge >= 0.3 is 0 Å². The number of aliphatic hydroxyl groups is 1. The van der Waals surface area contributed by atoms with E-state index in [1.165, 1.54) is 12.4 Å². The van der Waals surface area contributed by atoms with Gasteiger partial charge in [-0.2, -0.15) is 0 Å². The minimum atomic E-state index is -0.970. The van der Waals surface area contributed by atoms with Gasteiger partial charge in [0, 0.05) is 37.4 Å². The van der Waals surface area contributed by atoms with E-state index in [0.717, 1.165) is 0 Å². The monoisotopic (exact) mass is 312 g/mol. The second-order valence-electron chi connectivity index (χ2n) is 5.94. The lowest BCUT2D eigenvalue weighted by molar-refractivity contribution is -0.237. The Labute approximate surface area is 129 Å². The van der Waals surface area contributed by atoms with Gasteiger partial charge in [-0.15, -0.1) is 0 Å². The molecule has 1 aliphatic rings. The maximum absolute atomic E-state index is 12.1. The van der Waals surface area contributed by atoms with E-state index in [1.807, 2.05) is 20.8 Å². The Morgan fingerprint density at radius 3 is 2.90 bits per heavy atom. The third kappa shape index (κ3) is 2.91. The summed E-state index contributed by atoms with van der Waals surface area (Å²) in [7, 11) is 0. The second kappa shape index (κ2) is 5.91. The summed E-state index contributed by atoms with van der Waals surface area (Å²) >= 11 is 5.93. The molecule has 6 heteroatoms. The molecule has 116 valence electrons. The number of aromatic nitrogens is 1. The van der Waals surface area contributed by atoms with Crippen LogP contribution in [0.15, 0.2) is 18.5 Å². The predicted molar refractivity (Wildman–Crippen MR) is 80.3 cm³/mol. The largest absolute Gasteiger partial charge is 0.387 e. The highest BCUT2D eigenvalue weighted by molar-refractivity contribution is 6.33. The molecule has 1 aromatic heterocycles. The molecule has 1 aromatic rings. The van der Waals surface area contributed by atoms with E-state index in [1.54, 1.807) is 6.07 Å². The van der Waals surface area contributed by atoms with Crippen molar-refractivity contribution in [3.05, 3.63) is 29.0 Å². The third-order valence-electron chi connectivity index (χ3n) is 4.45. The molecule has 1 aliphatic carbocycles. The van der Waals surface area contributed by atoms with E-state index in [-0.39, 0.29) is 18.6 Å². The Hall–Kier alpha value is -1.17. The average Bonchev–Trinajstić information content (AvgIpc) is 2.45. The van der Waals surface area contributed by atoms with Gasteiger partial charge in [-0.1, -0.05) is 25.4 Å². The number of ether oxygens (including phenoxy) is 1. The summed E-state index contributed by atoms with van der Waals surface area (Å²) in [4.78, 5) is 15.9. The fraction of sp³-hybridized carbons (Fsp3) is 0.600. The lowest BCUT2D eigenvalue weighted by Crippen LogP contribution is -2.68. The maximum Gasteiger partial charge on any atom is 0.253 e. The van der Waals surface area contributed by atoms with Crippen molar-refractivity contribution < 1.29 is 14.6 Å². The van der Waals surface area contributed by atoms with Crippen molar-refractivity contribution in [2.24, 2.45) is 5.41 Å². The van der Waals surface area contributed by atoms with Gasteiger partial charge in [0.05, 0.1) is 22.3 Å². The molecule has 2 atom stereocenters. The molecule has 1 amide bonds. The van der Waals surface area contributed by atoms with Crippen LogP contribution in [0.3, 0.4) is 0 Å². The first kappa shape index (κ1) is 16.2. The van der Waals surface area contributed by atoms with Crippen molar-refractivity contribution in [3.8, 4) is 0 Å². The maximum atomic E-state index is 12.1. The van der Waals surface area contributed by atoms with Gasteiger partial charge in [-0.3, -0.25) is 9.78 Å². The molecule has 0 aromatic carbocycles. The van der Waals surface area contributed by atoms with Gasteiger partial charge in [0.25, 0.3) is 5.91 Å². The van der Waals surface area contributed by atoms with Crippen LogP contribution in [0.1, 0.15) is 37.6 Å². The summed E-state index contributed by atoms with van der Waals surface area (Å²) in [5.74, 6) is -0.313. The van der Waals surface area contributed by atoms with E-state index < -0.39 is 11.0 Å². The van der Waals surface area contributed by atoms with Crippen LogP contribution in [-0.4, -0.2) is 40.9 Å². The molecule has 0 aliphatic heterocycles. The number of nitrogens with one attached hydrogen (secondary N) is 1. The smallest absolute Gasteiger partial charge is 0.253 e. The summed E-state index contributed by atoms with van der Waals surface area (Å²) in [6.45, 7) is 6.61. The molecule has 1 heterocycles. The van der Waals surface area contributed by atoms with Crippen molar-refractivity contribution in [3.63, 3.8) is 0 Å². The van der Waals surface area contributed by atoms with Crippen LogP contribution >= 0.6 is 11.6 Å². The van der Waals surface area contributed by atoms with Crippen LogP contribution in [0.2, 0.25) is 5.02 Å². The summed E-state index contributed by atoms with van der Waals surface area (Å²) in [5, 5.41) is 13.7. The van der Waals surface area contributed by atoms with Crippen molar-refractivity contribution in [2.75, 3.05) is 13.2 Å². The van der Waals surface area contributed by atoms with Crippen LogP contribution in [0.5, 0.6) is 0 Å². The summed E-state index contributed by atoms with van der Waals surface area (Å²) in [5.41, 5.74) is -1.02. The number of hydrogen-bond donors (Lipinski definition) is 2. The minimum Gasteiger partial charge on any atom is -0.387 e. The van der Waals surface area contributed by atoms with Gasteiger partial charge in [0.1, 0.15) is 0 Å². The first-order valence-electron chi connectivity index (χ1n) is 7.03. The summed E-state index contributed by atoms with van der Waals surface area (Å²) < 4.78 is 5.60. The zero-order chi connectivity index (χ0) is 15.7. The third-order valence-corrected chi connectivity index (χ3v) is 4.75. The number of carbonyl (C=O) groups excluding carboxylic acids is 1. The molecule has 21 heavy (non-hydrogen) atoms. The van der Waals surface area contributed by atoms with Crippen LogP contribution in [0.4, 0.5) is 0 Å².